The fraction of sp³-hybridized carbons (Fsp3) is 0.364. The molecule has 0 aromatic heterocycles. The van der Waals surface area contributed by atoms with E-state index in [0.29, 0.717) is 24.3 Å². The third-order valence-corrected chi connectivity index (χ3v) is 2.07. The molecular weight excluding hydrogens is 196 g/mol. The normalized spacial score (nSPS) is 9.73. The molecule has 0 amide bonds. The first-order valence-corrected chi connectivity index (χ1v) is 4.60. The zero-order chi connectivity index (χ0) is 11.3. The largest absolute Gasteiger partial charge is 0.504 e. The van der Waals surface area contributed by atoms with E-state index in [0.717, 1.165) is 11.8 Å². The molecule has 82 valence electrons. The summed E-state index contributed by atoms with van der Waals surface area (Å²) in [5.74, 6) is 0.809. The minimum atomic E-state index is 0.0257. The molecule has 1 aromatic carbocycles. The van der Waals surface area contributed by atoms with Crippen LogP contribution in [0.1, 0.15) is 12.0 Å². The number of hydrogen-bond acceptors (Lipinski definition) is 4. The molecule has 15 heavy (non-hydrogen) atoms. The first-order chi connectivity index (χ1) is 7.22. The van der Waals surface area contributed by atoms with Crippen LogP contribution in [0.25, 0.3) is 0 Å². The highest BCUT2D eigenvalue weighted by molar-refractivity contribution is 5.55. The lowest BCUT2D eigenvalue weighted by atomic mass is 10.1. The molecule has 4 heteroatoms. The van der Waals surface area contributed by atoms with Gasteiger partial charge in [-0.2, -0.15) is 0 Å². The fourth-order valence-corrected chi connectivity index (χ4v) is 1.37. The van der Waals surface area contributed by atoms with Crippen molar-refractivity contribution in [2.45, 2.75) is 12.8 Å². The summed E-state index contributed by atoms with van der Waals surface area (Å²) in [7, 11) is 2.96. The van der Waals surface area contributed by atoms with Crippen molar-refractivity contribution in [1.29, 1.82) is 0 Å². The maximum atomic E-state index is 10.2. The molecule has 0 aliphatic carbocycles. The number of aryl methyl sites for hydroxylation is 1. The Morgan fingerprint density at radius 2 is 2.07 bits per heavy atom. The number of carbonyl (C=O) groups excluding carboxylic acids is 1. The van der Waals surface area contributed by atoms with Gasteiger partial charge in [0.05, 0.1) is 14.2 Å². The van der Waals surface area contributed by atoms with Crippen LogP contribution in [0.3, 0.4) is 0 Å². The molecule has 0 saturated carbocycles. The Kier molecular flexibility index (Phi) is 3.97. The molecule has 0 heterocycles. The first-order valence-electron chi connectivity index (χ1n) is 4.60. The molecule has 1 aromatic rings. The fourth-order valence-electron chi connectivity index (χ4n) is 1.37. The maximum absolute atomic E-state index is 10.2. The Morgan fingerprint density at radius 1 is 1.33 bits per heavy atom. The van der Waals surface area contributed by atoms with Gasteiger partial charge in [-0.1, -0.05) is 0 Å². The lowest BCUT2D eigenvalue weighted by Crippen LogP contribution is -1.94. The second-order valence-electron chi connectivity index (χ2n) is 3.06. The van der Waals surface area contributed by atoms with Gasteiger partial charge in [-0.05, 0) is 24.1 Å². The van der Waals surface area contributed by atoms with Crippen LogP contribution < -0.4 is 9.47 Å². The lowest BCUT2D eigenvalue weighted by Gasteiger charge is -2.11. The highest BCUT2D eigenvalue weighted by Crippen LogP contribution is 2.37. The van der Waals surface area contributed by atoms with Gasteiger partial charge in [-0.3, -0.25) is 0 Å². The SMILES string of the molecule is COc1cc(CCC=O)cc(O)c1OC. The standard InChI is InChI=1S/C11H14O4/c1-14-10-7-8(4-3-5-12)6-9(13)11(10)15-2/h5-7,13H,3-4H2,1-2H3. The smallest absolute Gasteiger partial charge is 0.203 e. The van der Waals surface area contributed by atoms with E-state index in [9.17, 15) is 9.90 Å². The van der Waals surface area contributed by atoms with Crippen molar-refractivity contribution >= 4 is 6.29 Å². The summed E-state index contributed by atoms with van der Waals surface area (Å²) < 4.78 is 10.0. The second-order valence-corrected chi connectivity index (χ2v) is 3.06. The van der Waals surface area contributed by atoms with Crippen LogP contribution in [0.2, 0.25) is 0 Å². The predicted molar refractivity (Wildman–Crippen MR) is 55.6 cm³/mol. The molecule has 0 radical (unpaired) electrons. The molecule has 1 rings (SSSR count). The van der Waals surface area contributed by atoms with Gasteiger partial charge in [0.1, 0.15) is 6.29 Å². The lowest BCUT2D eigenvalue weighted by molar-refractivity contribution is -0.107. The Bertz CT molecular complexity index is 347. The van der Waals surface area contributed by atoms with Crippen molar-refractivity contribution in [1.82, 2.24) is 0 Å². The third-order valence-electron chi connectivity index (χ3n) is 2.07. The van der Waals surface area contributed by atoms with E-state index in [1.54, 1.807) is 12.1 Å². The van der Waals surface area contributed by atoms with Crippen LogP contribution in [-0.2, 0) is 11.2 Å². The Hall–Kier alpha value is -1.71. The summed E-state index contributed by atoms with van der Waals surface area (Å²) >= 11 is 0. The van der Waals surface area contributed by atoms with Crippen molar-refractivity contribution in [3.05, 3.63) is 17.7 Å². The van der Waals surface area contributed by atoms with Gasteiger partial charge in [-0.15, -0.1) is 0 Å². The van der Waals surface area contributed by atoms with E-state index in [1.807, 2.05) is 0 Å². The Morgan fingerprint density at radius 3 is 2.60 bits per heavy atom. The number of aldehydes is 1. The molecule has 0 spiro atoms. The van der Waals surface area contributed by atoms with Crippen LogP contribution in [-0.4, -0.2) is 25.6 Å². The van der Waals surface area contributed by atoms with Crippen LogP contribution in [0, 0.1) is 0 Å². The molecule has 0 atom stereocenters. The monoisotopic (exact) mass is 210 g/mol. The minimum Gasteiger partial charge on any atom is -0.504 e. The van der Waals surface area contributed by atoms with E-state index < -0.39 is 0 Å². The number of phenolic OH excluding ortho intramolecular Hbond substituents is 1. The van der Waals surface area contributed by atoms with Crippen molar-refractivity contribution < 1.29 is 19.4 Å². The molecule has 0 aliphatic heterocycles. The van der Waals surface area contributed by atoms with Gasteiger partial charge in [0.15, 0.2) is 11.5 Å². The summed E-state index contributed by atoms with van der Waals surface area (Å²) in [6.45, 7) is 0. The van der Waals surface area contributed by atoms with Gasteiger partial charge in [0.2, 0.25) is 5.75 Å². The number of hydrogen-bond donors (Lipinski definition) is 1. The molecule has 0 fully saturated rings. The van der Waals surface area contributed by atoms with Gasteiger partial charge in [0.25, 0.3) is 0 Å². The predicted octanol–water partition coefficient (Wildman–Crippen LogP) is 1.54. The summed E-state index contributed by atoms with van der Waals surface area (Å²) in [6.07, 6.45) is 1.85. The quantitative estimate of drug-likeness (QED) is 0.749. The number of benzene rings is 1. The van der Waals surface area contributed by atoms with Crippen molar-refractivity contribution in [3.63, 3.8) is 0 Å². The number of rotatable bonds is 5. The number of aromatic hydroxyl groups is 1. The van der Waals surface area contributed by atoms with Crippen molar-refractivity contribution in [2.24, 2.45) is 0 Å². The average Bonchev–Trinajstić information content (AvgIpc) is 2.25. The summed E-state index contributed by atoms with van der Waals surface area (Å²) in [6, 6.07) is 3.33. The second kappa shape index (κ2) is 5.24. The first kappa shape index (κ1) is 11.4. The minimum absolute atomic E-state index is 0.0257. The number of phenols is 1. The maximum Gasteiger partial charge on any atom is 0.203 e. The Labute approximate surface area is 88.4 Å². The molecular formula is C11H14O4. The molecule has 4 nitrogen and oxygen atoms in total. The number of ether oxygens (including phenoxy) is 2. The van der Waals surface area contributed by atoms with Crippen molar-refractivity contribution in [3.8, 4) is 17.2 Å². The molecule has 0 saturated heterocycles. The highest BCUT2D eigenvalue weighted by atomic mass is 16.5. The van der Waals surface area contributed by atoms with Gasteiger partial charge >= 0.3 is 0 Å². The zero-order valence-electron chi connectivity index (χ0n) is 8.82. The molecule has 0 bridgehead atoms. The summed E-state index contributed by atoms with van der Waals surface area (Å²) in [5, 5.41) is 9.61. The van der Waals surface area contributed by atoms with Gasteiger partial charge < -0.3 is 19.4 Å². The van der Waals surface area contributed by atoms with E-state index in [2.05, 4.69) is 0 Å². The highest BCUT2D eigenvalue weighted by Gasteiger charge is 2.10. The van der Waals surface area contributed by atoms with Gasteiger partial charge in [0, 0.05) is 6.42 Å². The summed E-state index contributed by atoms with van der Waals surface area (Å²) in [5.41, 5.74) is 0.845. The van der Waals surface area contributed by atoms with Crippen molar-refractivity contribution in [2.75, 3.05) is 14.2 Å². The van der Waals surface area contributed by atoms with Crippen LogP contribution in [0.4, 0.5) is 0 Å². The Balaban J connectivity index is 3.02. The van der Waals surface area contributed by atoms with E-state index in [4.69, 9.17) is 9.47 Å². The van der Waals surface area contributed by atoms with E-state index >= 15 is 0 Å². The topological polar surface area (TPSA) is 55.8 Å². The van der Waals surface area contributed by atoms with Crippen LogP contribution in [0.5, 0.6) is 17.2 Å². The average molecular weight is 210 g/mol. The van der Waals surface area contributed by atoms with Gasteiger partial charge in [-0.25, -0.2) is 0 Å². The van der Waals surface area contributed by atoms with Crippen LogP contribution >= 0.6 is 0 Å². The van der Waals surface area contributed by atoms with E-state index in [1.165, 1.54) is 14.2 Å². The summed E-state index contributed by atoms with van der Waals surface area (Å²) in [4.78, 5) is 10.2. The van der Waals surface area contributed by atoms with Crippen LogP contribution in [0.15, 0.2) is 12.1 Å². The van der Waals surface area contributed by atoms with E-state index in [-0.39, 0.29) is 5.75 Å². The zero-order valence-corrected chi connectivity index (χ0v) is 8.82. The molecule has 0 aliphatic rings. The molecule has 0 unspecified atom stereocenters. The number of methoxy groups -OCH3 is 2. The third kappa shape index (κ3) is 2.62. The number of carbonyl (C=O) groups is 1. The molecule has 1 N–H and O–H groups in total.